The lowest BCUT2D eigenvalue weighted by molar-refractivity contribution is 0.415. The molecule has 28 heavy (non-hydrogen) atoms. The van der Waals surface area contributed by atoms with E-state index in [0.29, 0.717) is 5.57 Å². The van der Waals surface area contributed by atoms with Gasteiger partial charge in [0.2, 0.25) is 0 Å². The van der Waals surface area contributed by atoms with Crippen molar-refractivity contribution in [3.63, 3.8) is 0 Å². The van der Waals surface area contributed by atoms with E-state index in [2.05, 4.69) is 0 Å². The third-order valence-electron chi connectivity index (χ3n) is 4.33. The number of nitriles is 2. The number of benzene rings is 2. The first-order chi connectivity index (χ1) is 13.7. The zero-order chi connectivity index (χ0) is 19.8. The Kier molecular flexibility index (Phi) is 6.03. The quantitative estimate of drug-likeness (QED) is 0.662. The van der Waals surface area contributed by atoms with E-state index in [0.717, 1.165) is 28.0 Å². The molecule has 134 valence electrons. The predicted octanol–water partition coefficient (Wildman–Crippen LogP) is 5.63. The molecule has 0 aliphatic heterocycles. The second-order valence-electron chi connectivity index (χ2n) is 6.07. The van der Waals surface area contributed by atoms with Crippen LogP contribution in [0.3, 0.4) is 0 Å². The Labute approximate surface area is 165 Å². The minimum Gasteiger partial charge on any atom is -0.497 e. The molecule has 0 radical (unpaired) electrons. The normalized spacial score (nSPS) is 13.8. The zero-order valence-electron chi connectivity index (χ0n) is 15.5. The summed E-state index contributed by atoms with van der Waals surface area (Å²) in [5.41, 5.74) is 4.59. The molecule has 0 N–H and O–H groups in total. The molecule has 0 bridgehead atoms. The maximum absolute atomic E-state index is 9.36. The lowest BCUT2D eigenvalue weighted by Gasteiger charge is -2.05. The van der Waals surface area contributed by atoms with Crippen LogP contribution in [0.4, 0.5) is 0 Å². The smallest absolute Gasteiger partial charge is 0.137 e. The third kappa shape index (κ3) is 4.36. The van der Waals surface area contributed by atoms with Gasteiger partial charge in [0.05, 0.1) is 7.11 Å². The average Bonchev–Trinajstić information content (AvgIpc) is 3.00. The SMILES string of the molecule is COc1ccc(C2=CC=C/C(=C\C(=C(C#N)C#N)c3ccccc3)C=C2)cc1. The molecule has 0 aromatic heterocycles. The molecule has 0 spiro atoms. The van der Waals surface area contributed by atoms with Gasteiger partial charge in [-0.05, 0) is 40.5 Å². The van der Waals surface area contributed by atoms with E-state index >= 15 is 0 Å². The monoisotopic (exact) mass is 362 g/mol. The Hall–Kier alpha value is -4.08. The van der Waals surface area contributed by atoms with Gasteiger partial charge in [0.25, 0.3) is 0 Å². The predicted molar refractivity (Wildman–Crippen MR) is 112 cm³/mol. The molecule has 0 saturated heterocycles. The number of nitrogens with zero attached hydrogens (tertiary/aromatic N) is 2. The highest BCUT2D eigenvalue weighted by molar-refractivity contribution is 5.84. The van der Waals surface area contributed by atoms with Crippen LogP contribution in [0.25, 0.3) is 11.1 Å². The Morgan fingerprint density at radius 1 is 0.893 bits per heavy atom. The minimum atomic E-state index is 0.0908. The molecule has 3 heteroatoms. The second kappa shape index (κ2) is 9.03. The molecular weight excluding hydrogens is 344 g/mol. The van der Waals surface area contributed by atoms with Crippen molar-refractivity contribution in [1.29, 1.82) is 10.5 Å². The molecule has 1 aliphatic rings. The van der Waals surface area contributed by atoms with Crippen LogP contribution in [-0.4, -0.2) is 7.11 Å². The Morgan fingerprint density at radius 3 is 2.25 bits per heavy atom. The van der Waals surface area contributed by atoms with Crippen molar-refractivity contribution in [2.45, 2.75) is 0 Å². The summed E-state index contributed by atoms with van der Waals surface area (Å²) in [5, 5.41) is 18.7. The number of hydrogen-bond acceptors (Lipinski definition) is 3. The summed E-state index contributed by atoms with van der Waals surface area (Å²) in [7, 11) is 1.65. The van der Waals surface area contributed by atoms with Crippen molar-refractivity contribution < 1.29 is 4.74 Å². The molecule has 0 fully saturated rings. The fraction of sp³-hybridized carbons (Fsp3) is 0.0400. The van der Waals surface area contributed by atoms with Crippen molar-refractivity contribution in [2.75, 3.05) is 7.11 Å². The van der Waals surface area contributed by atoms with Crippen molar-refractivity contribution in [3.05, 3.63) is 113 Å². The first kappa shape index (κ1) is 18.7. The Morgan fingerprint density at radius 2 is 1.61 bits per heavy atom. The van der Waals surface area contributed by atoms with Crippen LogP contribution in [-0.2, 0) is 0 Å². The topological polar surface area (TPSA) is 56.8 Å². The number of rotatable bonds is 4. The van der Waals surface area contributed by atoms with Gasteiger partial charge in [0.1, 0.15) is 23.5 Å². The zero-order valence-corrected chi connectivity index (χ0v) is 15.5. The highest BCUT2D eigenvalue weighted by atomic mass is 16.5. The molecular formula is C25H18N2O. The van der Waals surface area contributed by atoms with Crippen LogP contribution in [0.5, 0.6) is 5.75 Å². The van der Waals surface area contributed by atoms with Crippen molar-refractivity contribution in [3.8, 4) is 17.9 Å². The lowest BCUT2D eigenvalue weighted by Crippen LogP contribution is -1.88. The van der Waals surface area contributed by atoms with Crippen LogP contribution in [0.2, 0.25) is 0 Å². The Bertz CT molecular complexity index is 1070. The number of hydrogen-bond donors (Lipinski definition) is 0. The van der Waals surface area contributed by atoms with Crippen molar-refractivity contribution >= 4 is 11.1 Å². The molecule has 1 aliphatic carbocycles. The summed E-state index contributed by atoms with van der Waals surface area (Å²) in [6.45, 7) is 0. The van der Waals surface area contributed by atoms with Gasteiger partial charge in [-0.1, -0.05) is 72.8 Å². The van der Waals surface area contributed by atoms with Gasteiger partial charge < -0.3 is 4.74 Å². The van der Waals surface area contributed by atoms with Crippen LogP contribution in [0.1, 0.15) is 11.1 Å². The number of ether oxygens (including phenoxy) is 1. The summed E-state index contributed by atoms with van der Waals surface area (Å²) < 4.78 is 5.21. The minimum absolute atomic E-state index is 0.0908. The molecule has 0 unspecified atom stereocenters. The van der Waals surface area contributed by atoms with Gasteiger partial charge in [-0.2, -0.15) is 10.5 Å². The van der Waals surface area contributed by atoms with Crippen LogP contribution >= 0.6 is 0 Å². The highest BCUT2D eigenvalue weighted by Gasteiger charge is 2.08. The molecule has 3 nitrogen and oxygen atoms in total. The highest BCUT2D eigenvalue weighted by Crippen LogP contribution is 2.26. The van der Waals surface area contributed by atoms with E-state index in [1.807, 2.05) is 103 Å². The maximum Gasteiger partial charge on any atom is 0.137 e. The van der Waals surface area contributed by atoms with Gasteiger partial charge >= 0.3 is 0 Å². The maximum atomic E-state index is 9.36. The third-order valence-corrected chi connectivity index (χ3v) is 4.33. The van der Waals surface area contributed by atoms with Crippen molar-refractivity contribution in [2.24, 2.45) is 0 Å². The fourth-order valence-electron chi connectivity index (χ4n) is 2.86. The van der Waals surface area contributed by atoms with E-state index in [1.54, 1.807) is 7.11 Å². The largest absolute Gasteiger partial charge is 0.497 e. The first-order valence-corrected chi connectivity index (χ1v) is 8.77. The summed E-state index contributed by atoms with van der Waals surface area (Å²) in [5.74, 6) is 0.816. The van der Waals surface area contributed by atoms with Crippen LogP contribution in [0.15, 0.2) is 102 Å². The average molecular weight is 362 g/mol. The lowest BCUT2D eigenvalue weighted by atomic mass is 9.98. The molecule has 2 aromatic rings. The molecule has 0 atom stereocenters. The molecule has 3 rings (SSSR count). The molecule has 0 saturated carbocycles. The molecule has 0 heterocycles. The summed E-state index contributed by atoms with van der Waals surface area (Å²) in [4.78, 5) is 0. The van der Waals surface area contributed by atoms with Crippen molar-refractivity contribution in [1.82, 2.24) is 0 Å². The van der Waals surface area contributed by atoms with E-state index in [1.165, 1.54) is 0 Å². The number of allylic oxidation sites excluding steroid dienone is 10. The summed E-state index contributed by atoms with van der Waals surface area (Å²) in [6.07, 6.45) is 11.8. The molecule has 0 amide bonds. The van der Waals surface area contributed by atoms with Gasteiger partial charge in [-0.3, -0.25) is 0 Å². The summed E-state index contributed by atoms with van der Waals surface area (Å²) >= 11 is 0. The Balaban J connectivity index is 1.96. The number of methoxy groups -OCH3 is 1. The fourth-order valence-corrected chi connectivity index (χ4v) is 2.86. The van der Waals surface area contributed by atoms with Gasteiger partial charge in [-0.15, -0.1) is 0 Å². The van der Waals surface area contributed by atoms with E-state index in [-0.39, 0.29) is 5.57 Å². The standard InChI is InChI=1S/C25H18N2O/c1-28-24-14-12-21(13-15-24)20-9-5-6-19(10-11-20)16-25(23(17-26)18-27)22-7-3-2-4-8-22/h2-16H,1H3/b19-16+. The van der Waals surface area contributed by atoms with E-state index in [4.69, 9.17) is 4.74 Å². The summed E-state index contributed by atoms with van der Waals surface area (Å²) in [6, 6.07) is 21.4. The van der Waals surface area contributed by atoms with Crippen LogP contribution in [0, 0.1) is 22.7 Å². The van der Waals surface area contributed by atoms with Gasteiger partial charge in [0.15, 0.2) is 0 Å². The second-order valence-corrected chi connectivity index (χ2v) is 6.07. The molecule has 2 aromatic carbocycles. The van der Waals surface area contributed by atoms with E-state index < -0.39 is 0 Å². The first-order valence-electron chi connectivity index (χ1n) is 8.77. The van der Waals surface area contributed by atoms with E-state index in [9.17, 15) is 10.5 Å². The van der Waals surface area contributed by atoms with Gasteiger partial charge in [0, 0.05) is 5.57 Å². The van der Waals surface area contributed by atoms with Crippen LogP contribution < -0.4 is 4.74 Å². The van der Waals surface area contributed by atoms with Gasteiger partial charge in [-0.25, -0.2) is 0 Å².